The van der Waals surface area contributed by atoms with Crippen molar-refractivity contribution < 1.29 is 4.74 Å². The number of benzene rings is 2. The molecule has 106 valence electrons. The second kappa shape index (κ2) is 5.93. The number of para-hydroxylation sites is 1. The molecule has 0 bridgehead atoms. The van der Waals surface area contributed by atoms with Crippen LogP contribution in [0.5, 0.6) is 5.75 Å². The SMILES string of the molecule is NC(=S)N/N=C1/CC(c2ccccc2)Oc2ccccc21. The predicted molar refractivity (Wildman–Crippen MR) is 87.3 cm³/mol. The number of thiocarbonyl (C=S) groups is 1. The molecule has 0 aliphatic carbocycles. The molecule has 1 aliphatic rings. The van der Waals surface area contributed by atoms with Crippen molar-refractivity contribution in [1.29, 1.82) is 0 Å². The molecule has 2 aromatic rings. The zero-order valence-electron chi connectivity index (χ0n) is 11.3. The Bertz CT molecular complexity index is 685. The highest BCUT2D eigenvalue weighted by atomic mass is 32.1. The van der Waals surface area contributed by atoms with Gasteiger partial charge in [-0.15, -0.1) is 0 Å². The lowest BCUT2D eigenvalue weighted by Crippen LogP contribution is -2.28. The van der Waals surface area contributed by atoms with Gasteiger partial charge in [-0.2, -0.15) is 5.10 Å². The number of rotatable bonds is 2. The van der Waals surface area contributed by atoms with Crippen LogP contribution in [0.4, 0.5) is 0 Å². The highest BCUT2D eigenvalue weighted by molar-refractivity contribution is 7.80. The van der Waals surface area contributed by atoms with Crippen LogP contribution in [-0.2, 0) is 0 Å². The van der Waals surface area contributed by atoms with E-state index in [2.05, 4.69) is 22.7 Å². The maximum Gasteiger partial charge on any atom is 0.184 e. The molecule has 1 heterocycles. The molecule has 0 aromatic heterocycles. The zero-order chi connectivity index (χ0) is 14.7. The van der Waals surface area contributed by atoms with Crippen molar-refractivity contribution in [2.45, 2.75) is 12.5 Å². The summed E-state index contributed by atoms with van der Waals surface area (Å²) in [6.45, 7) is 0. The molecule has 0 amide bonds. The first-order valence-electron chi connectivity index (χ1n) is 6.67. The molecule has 4 nitrogen and oxygen atoms in total. The molecule has 0 fully saturated rings. The van der Waals surface area contributed by atoms with E-state index in [9.17, 15) is 0 Å². The van der Waals surface area contributed by atoms with E-state index in [1.807, 2.05) is 42.5 Å². The first-order valence-corrected chi connectivity index (χ1v) is 7.08. The summed E-state index contributed by atoms with van der Waals surface area (Å²) in [5.74, 6) is 0.820. The van der Waals surface area contributed by atoms with Crippen LogP contribution in [0.15, 0.2) is 59.7 Å². The number of hydrazone groups is 1. The summed E-state index contributed by atoms with van der Waals surface area (Å²) in [4.78, 5) is 0. The number of fused-ring (bicyclic) bond motifs is 1. The van der Waals surface area contributed by atoms with Crippen LogP contribution < -0.4 is 15.9 Å². The van der Waals surface area contributed by atoms with Crippen molar-refractivity contribution in [1.82, 2.24) is 5.43 Å². The third-order valence-corrected chi connectivity index (χ3v) is 3.41. The molecule has 5 heteroatoms. The summed E-state index contributed by atoms with van der Waals surface area (Å²) in [6, 6.07) is 17.9. The summed E-state index contributed by atoms with van der Waals surface area (Å²) >= 11 is 4.81. The fourth-order valence-electron chi connectivity index (χ4n) is 2.37. The summed E-state index contributed by atoms with van der Waals surface area (Å²) in [7, 11) is 0. The molecule has 1 unspecified atom stereocenters. The monoisotopic (exact) mass is 297 g/mol. The Kier molecular flexibility index (Phi) is 3.83. The van der Waals surface area contributed by atoms with Crippen LogP contribution in [0.3, 0.4) is 0 Å². The first kappa shape index (κ1) is 13.6. The van der Waals surface area contributed by atoms with E-state index in [1.54, 1.807) is 0 Å². The fourth-order valence-corrected chi connectivity index (χ4v) is 2.42. The third-order valence-electron chi connectivity index (χ3n) is 3.32. The van der Waals surface area contributed by atoms with Crippen molar-refractivity contribution in [3.05, 3.63) is 65.7 Å². The smallest absolute Gasteiger partial charge is 0.184 e. The van der Waals surface area contributed by atoms with Crippen molar-refractivity contribution in [2.24, 2.45) is 10.8 Å². The molecule has 2 aromatic carbocycles. The Balaban J connectivity index is 1.96. The van der Waals surface area contributed by atoms with Crippen LogP contribution in [0.2, 0.25) is 0 Å². The molecule has 1 aliphatic heterocycles. The van der Waals surface area contributed by atoms with E-state index in [4.69, 9.17) is 22.7 Å². The van der Waals surface area contributed by atoms with E-state index in [1.165, 1.54) is 0 Å². The van der Waals surface area contributed by atoms with Gasteiger partial charge in [0.1, 0.15) is 11.9 Å². The molecule has 0 radical (unpaired) electrons. The van der Waals surface area contributed by atoms with Gasteiger partial charge in [0, 0.05) is 12.0 Å². The van der Waals surface area contributed by atoms with Gasteiger partial charge in [-0.1, -0.05) is 42.5 Å². The summed E-state index contributed by atoms with van der Waals surface area (Å²) in [5, 5.41) is 4.48. The number of nitrogens with two attached hydrogens (primary N) is 1. The standard InChI is InChI=1S/C16H15N3OS/c17-16(21)19-18-13-10-15(11-6-2-1-3-7-11)20-14-9-5-4-8-12(13)14/h1-9,15H,10H2,(H3,17,19,21)/b18-13-. The lowest BCUT2D eigenvalue weighted by atomic mass is 9.96. The molecular formula is C16H15N3OS. The number of nitrogens with zero attached hydrogens (tertiary/aromatic N) is 1. The van der Waals surface area contributed by atoms with Crippen molar-refractivity contribution in [3.8, 4) is 5.75 Å². The summed E-state index contributed by atoms with van der Waals surface area (Å²) < 4.78 is 6.08. The topological polar surface area (TPSA) is 59.6 Å². The Morgan fingerprint density at radius 2 is 1.86 bits per heavy atom. The lowest BCUT2D eigenvalue weighted by Gasteiger charge is -2.27. The Hall–Kier alpha value is -2.40. The molecule has 21 heavy (non-hydrogen) atoms. The Labute approximate surface area is 128 Å². The first-order chi connectivity index (χ1) is 10.2. The highest BCUT2D eigenvalue weighted by Crippen LogP contribution is 2.34. The second-order valence-electron chi connectivity index (χ2n) is 4.75. The Morgan fingerprint density at radius 1 is 1.14 bits per heavy atom. The van der Waals surface area contributed by atoms with Gasteiger partial charge in [0.05, 0.1) is 5.71 Å². The number of hydrogen-bond acceptors (Lipinski definition) is 3. The summed E-state index contributed by atoms with van der Waals surface area (Å²) in [5.41, 5.74) is 11.1. The minimum Gasteiger partial charge on any atom is -0.485 e. The maximum absolute atomic E-state index is 6.08. The fraction of sp³-hybridized carbons (Fsp3) is 0.125. The largest absolute Gasteiger partial charge is 0.485 e. The van der Waals surface area contributed by atoms with Gasteiger partial charge in [-0.05, 0) is 29.9 Å². The molecule has 0 spiro atoms. The van der Waals surface area contributed by atoms with Gasteiger partial charge in [0.25, 0.3) is 0 Å². The molecule has 0 saturated carbocycles. The average Bonchev–Trinajstić information content (AvgIpc) is 2.53. The van der Waals surface area contributed by atoms with E-state index >= 15 is 0 Å². The van der Waals surface area contributed by atoms with Crippen LogP contribution in [0.25, 0.3) is 0 Å². The molecule has 1 atom stereocenters. The minimum absolute atomic E-state index is 0.0620. The average molecular weight is 297 g/mol. The quantitative estimate of drug-likeness (QED) is 0.661. The number of nitrogens with one attached hydrogen (secondary N) is 1. The highest BCUT2D eigenvalue weighted by Gasteiger charge is 2.25. The maximum atomic E-state index is 6.08. The number of ether oxygens (including phenoxy) is 1. The zero-order valence-corrected chi connectivity index (χ0v) is 12.1. The normalized spacial score (nSPS) is 18.7. The lowest BCUT2D eigenvalue weighted by molar-refractivity contribution is 0.206. The van der Waals surface area contributed by atoms with Crippen LogP contribution in [-0.4, -0.2) is 10.8 Å². The minimum atomic E-state index is -0.0620. The molecule has 3 rings (SSSR count). The van der Waals surface area contributed by atoms with Crippen LogP contribution in [0.1, 0.15) is 23.7 Å². The molecule has 0 saturated heterocycles. The summed E-state index contributed by atoms with van der Waals surface area (Å²) in [6.07, 6.45) is 0.601. The van der Waals surface area contributed by atoms with Gasteiger partial charge >= 0.3 is 0 Å². The van der Waals surface area contributed by atoms with E-state index < -0.39 is 0 Å². The van der Waals surface area contributed by atoms with E-state index in [0.717, 1.165) is 22.6 Å². The molecule has 3 N–H and O–H groups in total. The van der Waals surface area contributed by atoms with Crippen molar-refractivity contribution >= 4 is 23.0 Å². The van der Waals surface area contributed by atoms with Crippen LogP contribution in [0, 0.1) is 0 Å². The van der Waals surface area contributed by atoms with Crippen molar-refractivity contribution in [2.75, 3.05) is 0 Å². The van der Waals surface area contributed by atoms with Gasteiger partial charge in [0.15, 0.2) is 5.11 Å². The third kappa shape index (κ3) is 3.03. The van der Waals surface area contributed by atoms with Gasteiger partial charge < -0.3 is 10.5 Å². The van der Waals surface area contributed by atoms with E-state index in [0.29, 0.717) is 6.42 Å². The Morgan fingerprint density at radius 3 is 2.62 bits per heavy atom. The van der Waals surface area contributed by atoms with Gasteiger partial charge in [-0.3, -0.25) is 5.43 Å². The van der Waals surface area contributed by atoms with Crippen LogP contribution >= 0.6 is 12.2 Å². The second-order valence-corrected chi connectivity index (χ2v) is 5.19. The predicted octanol–water partition coefficient (Wildman–Crippen LogP) is 2.75. The number of hydrogen-bond donors (Lipinski definition) is 2. The van der Waals surface area contributed by atoms with Crippen molar-refractivity contribution in [3.63, 3.8) is 0 Å². The van der Waals surface area contributed by atoms with E-state index in [-0.39, 0.29) is 11.2 Å². The van der Waals surface area contributed by atoms with Gasteiger partial charge in [-0.25, -0.2) is 0 Å². The van der Waals surface area contributed by atoms with Gasteiger partial charge in [0.2, 0.25) is 0 Å². The molecular weight excluding hydrogens is 282 g/mol.